The van der Waals surface area contributed by atoms with Gasteiger partial charge in [-0.3, -0.25) is 4.79 Å². The molecular weight excluding hydrogens is 298 g/mol. The molecule has 5 nitrogen and oxygen atoms in total. The fourth-order valence-corrected chi connectivity index (χ4v) is 6.27. The molecule has 3 rings (SSSR count). The van der Waals surface area contributed by atoms with Crippen LogP contribution in [0.5, 0.6) is 0 Å². The van der Waals surface area contributed by atoms with Crippen LogP contribution in [0.1, 0.15) is 24.1 Å². The number of thiophene rings is 1. The molecule has 0 saturated carbocycles. The molecule has 0 spiro atoms. The van der Waals surface area contributed by atoms with Crippen LogP contribution in [0, 0.1) is 5.92 Å². The van der Waals surface area contributed by atoms with Crippen molar-refractivity contribution in [3.05, 3.63) is 22.4 Å². The van der Waals surface area contributed by atoms with Gasteiger partial charge in [-0.15, -0.1) is 11.3 Å². The zero-order chi connectivity index (χ0) is 14.3. The Hall–Kier alpha value is -0.920. The summed E-state index contributed by atoms with van der Waals surface area (Å²) < 4.78 is 26.5. The van der Waals surface area contributed by atoms with Gasteiger partial charge in [-0.2, -0.15) is 4.31 Å². The second-order valence-electron chi connectivity index (χ2n) is 5.45. The number of rotatable bonds is 5. The molecule has 2 bridgehead atoms. The number of carbonyl (C=O) groups is 1. The zero-order valence-corrected chi connectivity index (χ0v) is 12.6. The fourth-order valence-electron chi connectivity index (χ4n) is 3.43. The number of aliphatic carboxylic acids is 1. The highest BCUT2D eigenvalue weighted by Gasteiger charge is 2.53. The van der Waals surface area contributed by atoms with E-state index in [9.17, 15) is 18.3 Å². The lowest BCUT2D eigenvalue weighted by atomic mass is 9.89. The normalized spacial score (nSPS) is 29.9. The first kappa shape index (κ1) is 14.0. The molecule has 7 heteroatoms. The van der Waals surface area contributed by atoms with E-state index in [2.05, 4.69) is 0 Å². The minimum atomic E-state index is -3.36. The molecule has 0 radical (unpaired) electrons. The molecule has 0 aliphatic carbocycles. The Balaban J connectivity index is 1.73. The topological polar surface area (TPSA) is 74.7 Å². The van der Waals surface area contributed by atoms with E-state index in [1.54, 1.807) is 11.3 Å². The maximum atomic E-state index is 12.5. The lowest BCUT2D eigenvalue weighted by Crippen LogP contribution is -2.39. The molecule has 1 N–H and O–H groups in total. The van der Waals surface area contributed by atoms with Crippen molar-refractivity contribution in [1.29, 1.82) is 0 Å². The van der Waals surface area contributed by atoms with Crippen molar-refractivity contribution in [1.82, 2.24) is 4.31 Å². The Morgan fingerprint density at radius 3 is 2.85 bits per heavy atom. The number of fused-ring (bicyclic) bond motifs is 2. The van der Waals surface area contributed by atoms with Crippen molar-refractivity contribution in [3.63, 3.8) is 0 Å². The maximum Gasteiger partial charge on any atom is 0.308 e. The van der Waals surface area contributed by atoms with E-state index in [1.807, 2.05) is 17.5 Å². The smallest absolute Gasteiger partial charge is 0.308 e. The number of carboxylic acids is 1. The van der Waals surface area contributed by atoms with Crippen molar-refractivity contribution in [2.75, 3.05) is 5.75 Å². The third kappa shape index (κ3) is 2.38. The molecule has 0 aromatic carbocycles. The summed E-state index contributed by atoms with van der Waals surface area (Å²) in [5.74, 6) is -1.31. The van der Waals surface area contributed by atoms with Crippen molar-refractivity contribution in [3.8, 4) is 0 Å². The SMILES string of the molecule is O=C(O)C1CC2CCC1N2S(=O)(=O)CCc1cccs1. The van der Waals surface area contributed by atoms with Gasteiger partial charge in [0.1, 0.15) is 0 Å². The lowest BCUT2D eigenvalue weighted by molar-refractivity contribution is -0.142. The van der Waals surface area contributed by atoms with Gasteiger partial charge in [0, 0.05) is 17.0 Å². The van der Waals surface area contributed by atoms with Gasteiger partial charge in [0.2, 0.25) is 10.0 Å². The van der Waals surface area contributed by atoms with Crippen LogP contribution < -0.4 is 0 Å². The molecule has 2 saturated heterocycles. The molecule has 3 atom stereocenters. The van der Waals surface area contributed by atoms with Crippen LogP contribution in [0.25, 0.3) is 0 Å². The van der Waals surface area contributed by atoms with Crippen LogP contribution >= 0.6 is 11.3 Å². The van der Waals surface area contributed by atoms with Gasteiger partial charge >= 0.3 is 5.97 Å². The quantitative estimate of drug-likeness (QED) is 0.895. The Kier molecular flexibility index (Phi) is 3.60. The van der Waals surface area contributed by atoms with Crippen molar-refractivity contribution in [2.24, 2.45) is 5.92 Å². The summed E-state index contributed by atoms with van der Waals surface area (Å²) in [7, 11) is -3.36. The van der Waals surface area contributed by atoms with Crippen LogP contribution in [-0.2, 0) is 21.2 Å². The molecule has 2 fully saturated rings. The first-order valence-electron chi connectivity index (χ1n) is 6.75. The third-order valence-corrected chi connectivity index (χ3v) is 7.17. The van der Waals surface area contributed by atoms with Crippen LogP contribution in [0.3, 0.4) is 0 Å². The summed E-state index contributed by atoms with van der Waals surface area (Å²) in [6, 6.07) is 3.41. The monoisotopic (exact) mass is 315 g/mol. The van der Waals surface area contributed by atoms with E-state index in [0.717, 1.165) is 11.3 Å². The molecular formula is C13H17NO4S2. The number of sulfonamides is 1. The summed E-state index contributed by atoms with van der Waals surface area (Å²) in [4.78, 5) is 12.2. The highest BCUT2D eigenvalue weighted by Crippen LogP contribution is 2.43. The first-order valence-corrected chi connectivity index (χ1v) is 9.24. The fraction of sp³-hybridized carbons (Fsp3) is 0.615. The number of hydrogen-bond acceptors (Lipinski definition) is 4. The Labute approximate surface area is 122 Å². The largest absolute Gasteiger partial charge is 0.481 e. The maximum absolute atomic E-state index is 12.5. The predicted molar refractivity (Wildman–Crippen MR) is 76.2 cm³/mol. The molecule has 0 amide bonds. The van der Waals surface area contributed by atoms with E-state index in [-0.39, 0.29) is 17.8 Å². The van der Waals surface area contributed by atoms with Gasteiger partial charge in [0.05, 0.1) is 11.7 Å². The summed E-state index contributed by atoms with van der Waals surface area (Å²) in [6.45, 7) is 0. The molecule has 3 unspecified atom stereocenters. The Morgan fingerprint density at radius 1 is 1.45 bits per heavy atom. The second-order valence-corrected chi connectivity index (χ2v) is 8.48. The lowest BCUT2D eigenvalue weighted by Gasteiger charge is -2.22. The third-order valence-electron chi connectivity index (χ3n) is 4.30. The Bertz CT molecular complexity index is 596. The van der Waals surface area contributed by atoms with Crippen molar-refractivity contribution >= 4 is 27.3 Å². The average molecular weight is 315 g/mol. The van der Waals surface area contributed by atoms with Gasteiger partial charge in [0.15, 0.2) is 0 Å². The van der Waals surface area contributed by atoms with E-state index in [1.165, 1.54) is 4.31 Å². The predicted octanol–water partition coefficient (Wildman–Crippen LogP) is 1.56. The van der Waals surface area contributed by atoms with Crippen molar-refractivity contribution in [2.45, 2.75) is 37.8 Å². The molecule has 1 aromatic heterocycles. The molecule has 110 valence electrons. The van der Waals surface area contributed by atoms with Crippen LogP contribution in [0.2, 0.25) is 0 Å². The Morgan fingerprint density at radius 2 is 2.25 bits per heavy atom. The summed E-state index contributed by atoms with van der Waals surface area (Å²) in [5, 5.41) is 11.1. The highest BCUT2D eigenvalue weighted by molar-refractivity contribution is 7.89. The van der Waals surface area contributed by atoms with Crippen LogP contribution in [0.15, 0.2) is 17.5 Å². The van der Waals surface area contributed by atoms with Gasteiger partial charge in [0.25, 0.3) is 0 Å². The number of aryl methyl sites for hydroxylation is 1. The van der Waals surface area contributed by atoms with E-state index in [4.69, 9.17) is 0 Å². The zero-order valence-electron chi connectivity index (χ0n) is 10.9. The summed E-state index contributed by atoms with van der Waals surface area (Å²) in [5.41, 5.74) is 0. The van der Waals surface area contributed by atoms with Gasteiger partial charge in [-0.1, -0.05) is 6.07 Å². The van der Waals surface area contributed by atoms with Gasteiger partial charge in [-0.25, -0.2) is 8.42 Å². The number of nitrogens with zero attached hydrogens (tertiary/aromatic N) is 1. The molecule has 20 heavy (non-hydrogen) atoms. The van der Waals surface area contributed by atoms with Gasteiger partial charge < -0.3 is 5.11 Å². The van der Waals surface area contributed by atoms with Crippen LogP contribution in [-0.4, -0.2) is 41.6 Å². The molecule has 2 aliphatic heterocycles. The second kappa shape index (κ2) is 5.13. The minimum Gasteiger partial charge on any atom is -0.481 e. The van der Waals surface area contributed by atoms with E-state index < -0.39 is 21.9 Å². The average Bonchev–Trinajstić information content (AvgIpc) is 3.11. The van der Waals surface area contributed by atoms with E-state index in [0.29, 0.717) is 19.3 Å². The molecule has 1 aromatic rings. The standard InChI is InChI=1S/C13H17NO4S2/c15-13(16)11-8-9-3-4-12(11)14(9)20(17,18)7-5-10-2-1-6-19-10/h1-2,6,9,11-12H,3-5,7-8H2,(H,15,16). The first-order chi connectivity index (χ1) is 9.49. The highest BCUT2D eigenvalue weighted by atomic mass is 32.2. The number of hydrogen-bond donors (Lipinski definition) is 1. The molecule has 3 heterocycles. The van der Waals surface area contributed by atoms with Crippen molar-refractivity contribution < 1.29 is 18.3 Å². The summed E-state index contributed by atoms with van der Waals surface area (Å²) >= 11 is 1.55. The van der Waals surface area contributed by atoms with E-state index >= 15 is 0 Å². The van der Waals surface area contributed by atoms with Crippen LogP contribution in [0.4, 0.5) is 0 Å². The summed E-state index contributed by atoms with van der Waals surface area (Å²) in [6.07, 6.45) is 2.46. The molecule has 2 aliphatic rings. The van der Waals surface area contributed by atoms with Gasteiger partial charge in [-0.05, 0) is 37.1 Å². The number of carboxylic acid groups (broad SMARTS) is 1. The minimum absolute atomic E-state index is 0.0762.